The first-order chi connectivity index (χ1) is 10.1. The second kappa shape index (κ2) is 5.62. The van der Waals surface area contributed by atoms with Crippen molar-refractivity contribution in [2.75, 3.05) is 6.54 Å². The largest absolute Gasteiger partial charge is 0.436 e. The Kier molecular flexibility index (Phi) is 3.83. The molecule has 2 fully saturated rings. The molecule has 0 spiro atoms. The van der Waals surface area contributed by atoms with Crippen molar-refractivity contribution in [3.8, 4) is 0 Å². The molecular formula is C16H22N2O3. The maximum Gasteiger partial charge on any atom is 0.291 e. The van der Waals surface area contributed by atoms with E-state index in [2.05, 4.69) is 4.98 Å². The summed E-state index contributed by atoms with van der Waals surface area (Å²) in [5, 5.41) is 0. The number of hydrogen-bond donors (Lipinski definition) is 0. The van der Waals surface area contributed by atoms with Gasteiger partial charge in [0.2, 0.25) is 5.76 Å². The highest BCUT2D eigenvalue weighted by molar-refractivity contribution is 5.93. The van der Waals surface area contributed by atoms with Crippen molar-refractivity contribution in [3.63, 3.8) is 0 Å². The van der Waals surface area contributed by atoms with Gasteiger partial charge in [-0.1, -0.05) is 0 Å². The van der Waals surface area contributed by atoms with Gasteiger partial charge >= 0.3 is 0 Å². The number of Topliss-reactive ketones (excluding diaryl/α,β-unsaturated/α-hetero) is 1. The molecule has 21 heavy (non-hydrogen) atoms. The summed E-state index contributed by atoms with van der Waals surface area (Å²) in [6.07, 6.45) is 5.56. The summed E-state index contributed by atoms with van der Waals surface area (Å²) in [4.78, 5) is 30.9. The number of carbonyl (C=O) groups excluding carboxylic acids is 2. The summed E-state index contributed by atoms with van der Waals surface area (Å²) in [5.74, 6) is 1.10. The third-order valence-electron chi connectivity index (χ3n) is 4.72. The van der Waals surface area contributed by atoms with Crippen molar-refractivity contribution in [1.29, 1.82) is 0 Å². The minimum Gasteiger partial charge on any atom is -0.436 e. The van der Waals surface area contributed by atoms with Gasteiger partial charge in [-0.3, -0.25) is 9.59 Å². The van der Waals surface area contributed by atoms with E-state index in [4.69, 9.17) is 4.42 Å². The molecule has 2 unspecified atom stereocenters. The zero-order valence-electron chi connectivity index (χ0n) is 12.7. The molecule has 3 rings (SSSR count). The molecule has 1 amide bonds. The van der Waals surface area contributed by atoms with Crippen molar-refractivity contribution in [1.82, 2.24) is 9.88 Å². The molecule has 1 aliphatic carbocycles. The van der Waals surface area contributed by atoms with Crippen LogP contribution >= 0.6 is 0 Å². The van der Waals surface area contributed by atoms with Gasteiger partial charge in [0.05, 0.1) is 5.69 Å². The number of likely N-dealkylation sites (tertiary alicyclic amines) is 1. The fourth-order valence-corrected chi connectivity index (χ4v) is 3.74. The lowest BCUT2D eigenvalue weighted by molar-refractivity contribution is -0.122. The number of nitrogens with zero attached hydrogens (tertiary/aromatic N) is 2. The van der Waals surface area contributed by atoms with Gasteiger partial charge in [0, 0.05) is 31.8 Å². The number of oxazole rings is 1. The smallest absolute Gasteiger partial charge is 0.291 e. The number of aromatic nitrogens is 1. The molecule has 114 valence electrons. The summed E-state index contributed by atoms with van der Waals surface area (Å²) in [7, 11) is 0. The van der Waals surface area contributed by atoms with Crippen LogP contribution in [0.1, 0.15) is 60.7 Å². The zero-order chi connectivity index (χ0) is 15.0. The van der Waals surface area contributed by atoms with E-state index in [1.54, 1.807) is 13.8 Å². The lowest BCUT2D eigenvalue weighted by atomic mass is 9.88. The Balaban J connectivity index is 1.85. The second-order valence-corrected chi connectivity index (χ2v) is 6.17. The number of piperidine rings is 1. The molecule has 1 aliphatic heterocycles. The quantitative estimate of drug-likeness (QED) is 0.840. The van der Waals surface area contributed by atoms with Crippen molar-refractivity contribution < 1.29 is 14.0 Å². The maximum absolute atomic E-state index is 12.8. The molecule has 1 saturated heterocycles. The van der Waals surface area contributed by atoms with E-state index in [-0.39, 0.29) is 17.9 Å². The normalized spacial score (nSPS) is 26.4. The SMILES string of the molecule is Cc1nc(C)c(C(=O)N2CCCCC2C2CCCC2=O)o1. The predicted molar refractivity (Wildman–Crippen MR) is 77.0 cm³/mol. The van der Waals surface area contributed by atoms with Crippen LogP contribution in [-0.2, 0) is 4.79 Å². The van der Waals surface area contributed by atoms with Gasteiger partial charge in [0.25, 0.3) is 5.91 Å². The molecule has 5 nitrogen and oxygen atoms in total. The Morgan fingerprint density at radius 3 is 2.67 bits per heavy atom. The molecule has 0 bridgehead atoms. The standard InChI is InChI=1S/C16H22N2O3/c1-10-15(21-11(2)17-10)16(20)18-9-4-3-7-13(18)12-6-5-8-14(12)19/h12-13H,3-9H2,1-2H3. The second-order valence-electron chi connectivity index (χ2n) is 6.17. The monoisotopic (exact) mass is 290 g/mol. The zero-order valence-corrected chi connectivity index (χ0v) is 12.7. The molecular weight excluding hydrogens is 268 g/mol. The maximum atomic E-state index is 12.8. The Bertz CT molecular complexity index is 564. The number of rotatable bonds is 2. The number of carbonyl (C=O) groups is 2. The van der Waals surface area contributed by atoms with E-state index in [1.165, 1.54) is 0 Å². The fourth-order valence-electron chi connectivity index (χ4n) is 3.74. The van der Waals surface area contributed by atoms with Gasteiger partial charge in [-0.15, -0.1) is 0 Å². The Morgan fingerprint density at radius 1 is 1.24 bits per heavy atom. The van der Waals surface area contributed by atoms with Crippen molar-refractivity contribution in [3.05, 3.63) is 17.3 Å². The third-order valence-corrected chi connectivity index (χ3v) is 4.72. The minimum absolute atomic E-state index is 0.0265. The topological polar surface area (TPSA) is 63.4 Å². The molecule has 1 aromatic heterocycles. The average molecular weight is 290 g/mol. The minimum atomic E-state index is -0.0995. The first-order valence-electron chi connectivity index (χ1n) is 7.85. The molecule has 5 heteroatoms. The van der Waals surface area contributed by atoms with Crippen LogP contribution in [0.15, 0.2) is 4.42 Å². The van der Waals surface area contributed by atoms with Gasteiger partial charge in [-0.25, -0.2) is 4.98 Å². The first kappa shape index (κ1) is 14.3. The van der Waals surface area contributed by atoms with E-state index >= 15 is 0 Å². The van der Waals surface area contributed by atoms with Gasteiger partial charge < -0.3 is 9.32 Å². The summed E-state index contributed by atoms with van der Waals surface area (Å²) < 4.78 is 5.48. The lowest BCUT2D eigenvalue weighted by Gasteiger charge is -2.38. The Morgan fingerprint density at radius 2 is 2.05 bits per heavy atom. The van der Waals surface area contributed by atoms with Gasteiger partial charge in [0.15, 0.2) is 5.89 Å². The van der Waals surface area contributed by atoms with Gasteiger partial charge in [-0.2, -0.15) is 0 Å². The molecule has 1 aromatic rings. The van der Waals surface area contributed by atoms with Crippen molar-refractivity contribution in [2.45, 2.75) is 58.4 Å². The molecule has 1 saturated carbocycles. The number of aryl methyl sites for hydroxylation is 2. The molecule has 2 atom stereocenters. The van der Waals surface area contributed by atoms with Crippen LogP contribution in [0, 0.1) is 19.8 Å². The van der Waals surface area contributed by atoms with Crippen LogP contribution < -0.4 is 0 Å². The van der Waals surface area contributed by atoms with Crippen LogP contribution in [0.3, 0.4) is 0 Å². The molecule has 2 aliphatic rings. The number of amides is 1. The van der Waals surface area contributed by atoms with E-state index < -0.39 is 0 Å². The van der Waals surface area contributed by atoms with Crippen LogP contribution in [-0.4, -0.2) is 34.2 Å². The molecule has 2 heterocycles. The Hall–Kier alpha value is -1.65. The highest BCUT2D eigenvalue weighted by Crippen LogP contribution is 2.33. The highest BCUT2D eigenvalue weighted by Gasteiger charge is 2.40. The highest BCUT2D eigenvalue weighted by atomic mass is 16.4. The van der Waals surface area contributed by atoms with Gasteiger partial charge in [-0.05, 0) is 39.0 Å². The summed E-state index contributed by atoms with van der Waals surface area (Å²) in [6.45, 7) is 4.26. The number of ketones is 1. The molecule has 0 N–H and O–H groups in total. The molecule has 0 aromatic carbocycles. The van der Waals surface area contributed by atoms with E-state index in [0.29, 0.717) is 36.1 Å². The number of hydrogen-bond acceptors (Lipinski definition) is 4. The predicted octanol–water partition coefficient (Wildman–Crippen LogP) is 2.66. The summed E-state index contributed by atoms with van der Waals surface area (Å²) in [6, 6.07) is 0.0473. The lowest BCUT2D eigenvalue weighted by Crippen LogP contribution is -2.48. The van der Waals surface area contributed by atoms with E-state index in [0.717, 1.165) is 32.1 Å². The van der Waals surface area contributed by atoms with Gasteiger partial charge in [0.1, 0.15) is 5.78 Å². The average Bonchev–Trinajstić information content (AvgIpc) is 3.03. The van der Waals surface area contributed by atoms with Crippen molar-refractivity contribution in [2.24, 2.45) is 5.92 Å². The van der Waals surface area contributed by atoms with E-state index in [1.807, 2.05) is 4.90 Å². The first-order valence-corrected chi connectivity index (χ1v) is 7.85. The van der Waals surface area contributed by atoms with Crippen molar-refractivity contribution >= 4 is 11.7 Å². The summed E-state index contributed by atoms with van der Waals surface area (Å²) >= 11 is 0. The third kappa shape index (κ3) is 2.61. The fraction of sp³-hybridized carbons (Fsp3) is 0.688. The van der Waals surface area contributed by atoms with Crippen LogP contribution in [0.4, 0.5) is 0 Å². The summed E-state index contributed by atoms with van der Waals surface area (Å²) in [5.41, 5.74) is 0.638. The van der Waals surface area contributed by atoms with Crippen LogP contribution in [0.5, 0.6) is 0 Å². The Labute approximate surface area is 124 Å². The van der Waals surface area contributed by atoms with E-state index in [9.17, 15) is 9.59 Å². The van der Waals surface area contributed by atoms with Crippen LogP contribution in [0.25, 0.3) is 0 Å². The molecule has 0 radical (unpaired) electrons. The van der Waals surface area contributed by atoms with Crippen LogP contribution in [0.2, 0.25) is 0 Å².